The van der Waals surface area contributed by atoms with Crippen molar-refractivity contribution in [2.75, 3.05) is 11.4 Å². The normalized spacial score (nSPS) is 21.7. The minimum Gasteiger partial charge on any atom is -0.312 e. The lowest BCUT2D eigenvalue weighted by molar-refractivity contribution is -0.124. The van der Waals surface area contributed by atoms with Crippen molar-refractivity contribution in [1.29, 1.82) is 0 Å². The van der Waals surface area contributed by atoms with Crippen LogP contribution in [-0.4, -0.2) is 18.4 Å². The summed E-state index contributed by atoms with van der Waals surface area (Å²) in [6.45, 7) is 5.45. The van der Waals surface area contributed by atoms with Crippen LogP contribution in [0.5, 0.6) is 0 Å². The van der Waals surface area contributed by atoms with Gasteiger partial charge in [-0.05, 0) is 36.2 Å². The predicted molar refractivity (Wildman–Crippen MR) is 72.7 cm³/mol. The van der Waals surface area contributed by atoms with Gasteiger partial charge in [0.2, 0.25) is 11.8 Å². The Bertz CT molecular complexity index is 563. The SMILES string of the molecule is CC1(C)CC(=O)N(c2ccc3c(c2)CNCC3)C1=O. The number of hydrogen-bond acceptors (Lipinski definition) is 3. The van der Waals surface area contributed by atoms with Crippen LogP contribution in [0.25, 0.3) is 0 Å². The molecule has 1 aromatic rings. The van der Waals surface area contributed by atoms with Crippen LogP contribution in [0.1, 0.15) is 31.4 Å². The lowest BCUT2D eigenvalue weighted by Gasteiger charge is -2.22. The summed E-state index contributed by atoms with van der Waals surface area (Å²) in [5.74, 6) is -0.195. The molecule has 2 heterocycles. The van der Waals surface area contributed by atoms with E-state index in [-0.39, 0.29) is 11.8 Å². The van der Waals surface area contributed by atoms with E-state index >= 15 is 0 Å². The molecule has 4 heteroatoms. The molecule has 0 saturated carbocycles. The minimum absolute atomic E-state index is 0.0961. The van der Waals surface area contributed by atoms with Gasteiger partial charge in [-0.3, -0.25) is 14.5 Å². The molecule has 2 aliphatic rings. The number of nitrogens with zero attached hydrogens (tertiary/aromatic N) is 1. The number of imide groups is 1. The van der Waals surface area contributed by atoms with Crippen molar-refractivity contribution in [3.63, 3.8) is 0 Å². The first-order valence-electron chi connectivity index (χ1n) is 6.69. The largest absolute Gasteiger partial charge is 0.312 e. The molecule has 1 aromatic carbocycles. The zero-order valence-electron chi connectivity index (χ0n) is 11.3. The molecular weight excluding hydrogens is 240 g/mol. The number of carbonyl (C=O) groups excluding carboxylic acids is 2. The lowest BCUT2D eigenvalue weighted by atomic mass is 9.92. The first-order chi connectivity index (χ1) is 8.99. The highest BCUT2D eigenvalue weighted by molar-refractivity contribution is 6.22. The van der Waals surface area contributed by atoms with Gasteiger partial charge < -0.3 is 5.32 Å². The molecule has 0 radical (unpaired) electrons. The number of rotatable bonds is 1. The summed E-state index contributed by atoms with van der Waals surface area (Å²) in [4.78, 5) is 25.7. The fourth-order valence-electron chi connectivity index (χ4n) is 2.82. The highest BCUT2D eigenvalue weighted by Gasteiger charge is 2.45. The van der Waals surface area contributed by atoms with Crippen LogP contribution in [0.4, 0.5) is 5.69 Å². The summed E-state index contributed by atoms with van der Waals surface area (Å²) >= 11 is 0. The summed E-state index contributed by atoms with van der Waals surface area (Å²) in [5, 5.41) is 3.31. The van der Waals surface area contributed by atoms with Crippen LogP contribution in [0, 0.1) is 5.41 Å². The third-order valence-corrected chi connectivity index (χ3v) is 3.96. The Labute approximate surface area is 112 Å². The monoisotopic (exact) mass is 258 g/mol. The van der Waals surface area contributed by atoms with Gasteiger partial charge >= 0.3 is 0 Å². The molecular formula is C15H18N2O2. The zero-order chi connectivity index (χ0) is 13.6. The van der Waals surface area contributed by atoms with Crippen molar-refractivity contribution in [3.8, 4) is 0 Å². The molecule has 1 fully saturated rings. The third-order valence-electron chi connectivity index (χ3n) is 3.96. The van der Waals surface area contributed by atoms with Crippen LogP contribution in [0.2, 0.25) is 0 Å². The molecule has 0 spiro atoms. The van der Waals surface area contributed by atoms with Crippen LogP contribution in [0.3, 0.4) is 0 Å². The van der Waals surface area contributed by atoms with Gasteiger partial charge in [-0.1, -0.05) is 19.9 Å². The van der Waals surface area contributed by atoms with E-state index in [4.69, 9.17) is 0 Å². The Hall–Kier alpha value is -1.68. The molecule has 0 atom stereocenters. The van der Waals surface area contributed by atoms with E-state index in [0.29, 0.717) is 12.1 Å². The summed E-state index contributed by atoms with van der Waals surface area (Å²) < 4.78 is 0. The second kappa shape index (κ2) is 4.17. The molecule has 0 bridgehead atoms. The number of nitrogens with one attached hydrogen (secondary N) is 1. The van der Waals surface area contributed by atoms with Crippen molar-refractivity contribution in [2.45, 2.75) is 33.2 Å². The maximum absolute atomic E-state index is 12.3. The first-order valence-corrected chi connectivity index (χ1v) is 6.69. The van der Waals surface area contributed by atoms with Crippen LogP contribution in [-0.2, 0) is 22.6 Å². The fraction of sp³-hybridized carbons (Fsp3) is 0.467. The maximum atomic E-state index is 12.3. The van der Waals surface area contributed by atoms with E-state index in [9.17, 15) is 9.59 Å². The third kappa shape index (κ3) is 1.96. The van der Waals surface area contributed by atoms with Gasteiger partial charge in [0.05, 0.1) is 11.1 Å². The quantitative estimate of drug-likeness (QED) is 0.779. The van der Waals surface area contributed by atoms with Gasteiger partial charge in [0.1, 0.15) is 0 Å². The van der Waals surface area contributed by atoms with Gasteiger partial charge in [0.15, 0.2) is 0 Å². The average Bonchev–Trinajstić information content (AvgIpc) is 2.58. The van der Waals surface area contributed by atoms with E-state index in [2.05, 4.69) is 5.32 Å². The molecule has 2 aliphatic heterocycles. The molecule has 19 heavy (non-hydrogen) atoms. The molecule has 4 nitrogen and oxygen atoms in total. The predicted octanol–water partition coefficient (Wildman–Crippen LogP) is 1.62. The Balaban J connectivity index is 1.99. The van der Waals surface area contributed by atoms with Gasteiger partial charge in [-0.25, -0.2) is 0 Å². The van der Waals surface area contributed by atoms with Crippen molar-refractivity contribution in [2.24, 2.45) is 5.41 Å². The summed E-state index contributed by atoms with van der Waals surface area (Å²) in [7, 11) is 0. The smallest absolute Gasteiger partial charge is 0.239 e. The zero-order valence-corrected chi connectivity index (χ0v) is 11.3. The molecule has 0 aromatic heterocycles. The van der Waals surface area contributed by atoms with Gasteiger partial charge in [0.25, 0.3) is 0 Å². The molecule has 2 amide bonds. The van der Waals surface area contributed by atoms with Gasteiger partial charge in [-0.2, -0.15) is 0 Å². The Morgan fingerprint density at radius 1 is 1.21 bits per heavy atom. The second-order valence-electron chi connectivity index (χ2n) is 5.97. The van der Waals surface area contributed by atoms with E-state index in [1.54, 1.807) is 0 Å². The average molecular weight is 258 g/mol. The van der Waals surface area contributed by atoms with Crippen LogP contribution in [0.15, 0.2) is 18.2 Å². The summed E-state index contributed by atoms with van der Waals surface area (Å²) in [6, 6.07) is 5.90. The molecule has 100 valence electrons. The molecule has 0 unspecified atom stereocenters. The van der Waals surface area contributed by atoms with E-state index in [1.165, 1.54) is 16.0 Å². The number of hydrogen-bond donors (Lipinski definition) is 1. The Kier molecular flexibility index (Phi) is 2.71. The fourth-order valence-corrected chi connectivity index (χ4v) is 2.82. The molecule has 1 saturated heterocycles. The standard InChI is InChI=1S/C15H18N2O2/c1-15(2)8-13(18)17(14(15)19)12-4-3-10-5-6-16-9-11(10)7-12/h3-4,7,16H,5-6,8-9H2,1-2H3. The number of amides is 2. The number of benzene rings is 1. The summed E-state index contributed by atoms with van der Waals surface area (Å²) in [6.07, 6.45) is 1.30. The first kappa shape index (κ1) is 12.4. The molecule has 3 rings (SSSR count). The topological polar surface area (TPSA) is 49.4 Å². The molecule has 0 aliphatic carbocycles. The van der Waals surface area contributed by atoms with Crippen LogP contribution < -0.4 is 10.2 Å². The number of carbonyl (C=O) groups is 2. The highest BCUT2D eigenvalue weighted by atomic mass is 16.2. The Morgan fingerprint density at radius 2 is 2.00 bits per heavy atom. The van der Waals surface area contributed by atoms with Crippen molar-refractivity contribution in [3.05, 3.63) is 29.3 Å². The van der Waals surface area contributed by atoms with Gasteiger partial charge in [-0.15, -0.1) is 0 Å². The highest BCUT2D eigenvalue weighted by Crippen LogP contribution is 2.35. The van der Waals surface area contributed by atoms with Crippen molar-refractivity contribution in [1.82, 2.24) is 5.32 Å². The van der Waals surface area contributed by atoms with Crippen molar-refractivity contribution >= 4 is 17.5 Å². The summed E-state index contributed by atoms with van der Waals surface area (Å²) in [5.41, 5.74) is 2.63. The number of anilines is 1. The Morgan fingerprint density at radius 3 is 2.68 bits per heavy atom. The minimum atomic E-state index is -0.578. The van der Waals surface area contributed by atoms with Crippen LogP contribution >= 0.6 is 0 Å². The second-order valence-corrected chi connectivity index (χ2v) is 5.97. The maximum Gasteiger partial charge on any atom is 0.239 e. The van der Waals surface area contributed by atoms with Gasteiger partial charge in [0, 0.05) is 13.0 Å². The van der Waals surface area contributed by atoms with E-state index in [1.807, 2.05) is 32.0 Å². The number of fused-ring (bicyclic) bond motifs is 1. The van der Waals surface area contributed by atoms with Crippen molar-refractivity contribution < 1.29 is 9.59 Å². The van der Waals surface area contributed by atoms with E-state index in [0.717, 1.165) is 19.5 Å². The van der Waals surface area contributed by atoms with E-state index < -0.39 is 5.41 Å². The molecule has 1 N–H and O–H groups in total. The lowest BCUT2D eigenvalue weighted by Crippen LogP contribution is -2.33.